The van der Waals surface area contributed by atoms with Gasteiger partial charge in [-0.15, -0.1) is 0 Å². The fourth-order valence-electron chi connectivity index (χ4n) is 1.99. The third-order valence-corrected chi connectivity index (χ3v) is 3.06. The van der Waals surface area contributed by atoms with Crippen LogP contribution >= 0.6 is 0 Å². The summed E-state index contributed by atoms with van der Waals surface area (Å²) in [5.74, 6) is 0.243. The topological polar surface area (TPSA) is 71.2 Å². The Morgan fingerprint density at radius 3 is 2.82 bits per heavy atom. The average molecular weight is 234 g/mol. The summed E-state index contributed by atoms with van der Waals surface area (Å²) in [5, 5.41) is 3.00. The minimum atomic E-state index is -0.133. The first-order valence-corrected chi connectivity index (χ1v) is 5.87. The van der Waals surface area contributed by atoms with E-state index in [-0.39, 0.29) is 11.9 Å². The zero-order valence-corrected chi connectivity index (χ0v) is 10.0. The van der Waals surface area contributed by atoms with Crippen molar-refractivity contribution in [2.45, 2.75) is 18.9 Å². The van der Waals surface area contributed by atoms with Gasteiger partial charge in [0.25, 0.3) is 5.91 Å². The molecule has 0 bridgehead atoms. The molecule has 17 heavy (non-hydrogen) atoms. The number of nitrogens with one attached hydrogen (secondary N) is 1. The molecular weight excluding hydrogens is 216 g/mol. The molecule has 2 rings (SSSR count). The number of carbonyl (C=O) groups is 1. The number of rotatable bonds is 2. The first-order chi connectivity index (χ1) is 8.15. The van der Waals surface area contributed by atoms with Gasteiger partial charge in [0.15, 0.2) is 0 Å². The second kappa shape index (κ2) is 5.14. The molecular formula is C12H18N4O. The Morgan fingerprint density at radius 2 is 2.18 bits per heavy atom. The highest BCUT2D eigenvalue weighted by Gasteiger charge is 2.19. The van der Waals surface area contributed by atoms with E-state index in [2.05, 4.69) is 22.2 Å². The smallest absolute Gasteiger partial charge is 0.270 e. The number of nitrogen functional groups attached to an aromatic ring is 1. The summed E-state index contributed by atoms with van der Waals surface area (Å²) < 4.78 is 0. The van der Waals surface area contributed by atoms with Gasteiger partial charge in [-0.25, -0.2) is 4.98 Å². The molecule has 0 unspecified atom stereocenters. The number of pyridine rings is 1. The third-order valence-electron chi connectivity index (χ3n) is 3.06. The number of hydrogen-bond donors (Lipinski definition) is 2. The lowest BCUT2D eigenvalue weighted by Crippen LogP contribution is -2.43. The van der Waals surface area contributed by atoms with E-state index >= 15 is 0 Å². The van der Waals surface area contributed by atoms with Gasteiger partial charge >= 0.3 is 0 Å². The monoisotopic (exact) mass is 234 g/mol. The zero-order valence-electron chi connectivity index (χ0n) is 10.0. The highest BCUT2D eigenvalue weighted by atomic mass is 16.1. The molecule has 1 saturated heterocycles. The van der Waals surface area contributed by atoms with E-state index in [1.807, 2.05) is 0 Å². The third kappa shape index (κ3) is 3.17. The summed E-state index contributed by atoms with van der Waals surface area (Å²) in [5.41, 5.74) is 5.94. The molecule has 92 valence electrons. The number of anilines is 1. The van der Waals surface area contributed by atoms with Crippen LogP contribution in [0.25, 0.3) is 0 Å². The first-order valence-electron chi connectivity index (χ1n) is 5.87. The van der Waals surface area contributed by atoms with E-state index in [1.54, 1.807) is 18.2 Å². The van der Waals surface area contributed by atoms with Gasteiger partial charge < -0.3 is 16.0 Å². The van der Waals surface area contributed by atoms with Crippen molar-refractivity contribution in [2.24, 2.45) is 0 Å². The number of amides is 1. The Morgan fingerprint density at radius 1 is 1.47 bits per heavy atom. The van der Waals surface area contributed by atoms with Crippen molar-refractivity contribution in [1.29, 1.82) is 0 Å². The second-order valence-corrected chi connectivity index (χ2v) is 4.50. The highest BCUT2D eigenvalue weighted by molar-refractivity contribution is 5.92. The van der Waals surface area contributed by atoms with Crippen LogP contribution in [-0.4, -0.2) is 42.0 Å². The second-order valence-electron chi connectivity index (χ2n) is 4.50. The highest BCUT2D eigenvalue weighted by Crippen LogP contribution is 2.09. The summed E-state index contributed by atoms with van der Waals surface area (Å²) in [4.78, 5) is 18.2. The summed E-state index contributed by atoms with van der Waals surface area (Å²) in [7, 11) is 2.09. The molecule has 3 N–H and O–H groups in total. The molecule has 0 radical (unpaired) electrons. The molecule has 0 saturated carbocycles. The zero-order chi connectivity index (χ0) is 12.3. The molecule has 5 heteroatoms. The maximum absolute atomic E-state index is 11.9. The first kappa shape index (κ1) is 11.9. The minimum absolute atomic E-state index is 0.133. The van der Waals surface area contributed by atoms with Crippen LogP contribution in [0.5, 0.6) is 0 Å². The van der Waals surface area contributed by atoms with Crippen LogP contribution < -0.4 is 11.1 Å². The quantitative estimate of drug-likeness (QED) is 0.781. The van der Waals surface area contributed by atoms with Gasteiger partial charge in [0, 0.05) is 6.04 Å². The fourth-order valence-corrected chi connectivity index (χ4v) is 1.99. The van der Waals surface area contributed by atoms with Crippen molar-refractivity contribution in [3.63, 3.8) is 0 Å². The predicted molar refractivity (Wildman–Crippen MR) is 66.6 cm³/mol. The van der Waals surface area contributed by atoms with E-state index in [0.29, 0.717) is 11.5 Å². The maximum Gasteiger partial charge on any atom is 0.270 e. The fraction of sp³-hybridized carbons (Fsp3) is 0.500. The summed E-state index contributed by atoms with van der Waals surface area (Å²) in [6.07, 6.45) is 1.98. The van der Waals surface area contributed by atoms with Crippen LogP contribution in [0.15, 0.2) is 18.2 Å². The van der Waals surface area contributed by atoms with Crippen molar-refractivity contribution < 1.29 is 4.79 Å². The van der Waals surface area contributed by atoms with Crippen LogP contribution in [0.1, 0.15) is 23.3 Å². The van der Waals surface area contributed by atoms with Crippen molar-refractivity contribution in [3.05, 3.63) is 23.9 Å². The van der Waals surface area contributed by atoms with Crippen molar-refractivity contribution >= 4 is 11.7 Å². The summed E-state index contributed by atoms with van der Waals surface area (Å²) in [6, 6.07) is 5.35. The van der Waals surface area contributed by atoms with Crippen LogP contribution in [0.3, 0.4) is 0 Å². The van der Waals surface area contributed by atoms with E-state index in [0.717, 1.165) is 25.9 Å². The largest absolute Gasteiger partial charge is 0.384 e. The molecule has 0 spiro atoms. The van der Waals surface area contributed by atoms with Crippen molar-refractivity contribution in [3.8, 4) is 0 Å². The molecule has 2 heterocycles. The molecule has 1 aromatic heterocycles. The van der Waals surface area contributed by atoms with Gasteiger partial charge in [-0.1, -0.05) is 6.07 Å². The minimum Gasteiger partial charge on any atom is -0.384 e. The molecule has 1 amide bonds. The molecule has 0 aliphatic carbocycles. The van der Waals surface area contributed by atoms with Gasteiger partial charge in [-0.05, 0) is 45.1 Å². The van der Waals surface area contributed by atoms with E-state index in [4.69, 9.17) is 5.73 Å². The normalized spacial score (nSPS) is 17.9. The van der Waals surface area contributed by atoms with E-state index in [1.165, 1.54) is 0 Å². The summed E-state index contributed by atoms with van der Waals surface area (Å²) in [6.45, 7) is 2.05. The predicted octanol–water partition coefficient (Wildman–Crippen LogP) is 0.488. The van der Waals surface area contributed by atoms with Gasteiger partial charge in [-0.3, -0.25) is 4.79 Å². The molecule has 0 atom stereocenters. The number of nitrogens with zero attached hydrogens (tertiary/aromatic N) is 2. The van der Waals surface area contributed by atoms with Gasteiger partial charge in [0.05, 0.1) is 0 Å². The van der Waals surface area contributed by atoms with Crippen LogP contribution in [0.4, 0.5) is 5.82 Å². The Labute approximate surface area is 101 Å². The molecule has 1 fully saturated rings. The number of hydrogen-bond acceptors (Lipinski definition) is 4. The molecule has 1 aliphatic rings. The van der Waals surface area contributed by atoms with Gasteiger partial charge in [-0.2, -0.15) is 0 Å². The van der Waals surface area contributed by atoms with Gasteiger partial charge in [0.2, 0.25) is 0 Å². The average Bonchev–Trinajstić information content (AvgIpc) is 2.32. The number of nitrogens with two attached hydrogens (primary N) is 1. The number of carbonyl (C=O) groups excluding carboxylic acids is 1. The SMILES string of the molecule is CN1CCC(NC(=O)c2cccc(N)n2)CC1. The number of aromatic nitrogens is 1. The maximum atomic E-state index is 11.9. The Kier molecular flexibility index (Phi) is 3.58. The van der Waals surface area contributed by atoms with Gasteiger partial charge in [0.1, 0.15) is 11.5 Å². The molecule has 1 aliphatic heterocycles. The van der Waals surface area contributed by atoms with Crippen molar-refractivity contribution in [2.75, 3.05) is 25.9 Å². The molecule has 5 nitrogen and oxygen atoms in total. The van der Waals surface area contributed by atoms with E-state index in [9.17, 15) is 4.79 Å². The van der Waals surface area contributed by atoms with E-state index < -0.39 is 0 Å². The van der Waals surface area contributed by atoms with Crippen LogP contribution in [0.2, 0.25) is 0 Å². The standard InChI is InChI=1S/C12H18N4O/c1-16-7-5-9(6-8-16)14-12(17)10-3-2-4-11(13)15-10/h2-4,9H,5-8H2,1H3,(H2,13,15)(H,14,17). The van der Waals surface area contributed by atoms with Crippen LogP contribution in [0, 0.1) is 0 Å². The van der Waals surface area contributed by atoms with Crippen molar-refractivity contribution in [1.82, 2.24) is 15.2 Å². The lowest BCUT2D eigenvalue weighted by atomic mass is 10.1. The number of piperidine rings is 1. The summed E-state index contributed by atoms with van der Waals surface area (Å²) >= 11 is 0. The molecule has 0 aromatic carbocycles. The number of likely N-dealkylation sites (tertiary alicyclic amines) is 1. The Balaban J connectivity index is 1.93. The Bertz CT molecular complexity index is 399. The lowest BCUT2D eigenvalue weighted by Gasteiger charge is -2.29. The molecule has 1 aromatic rings. The lowest BCUT2D eigenvalue weighted by molar-refractivity contribution is 0.0912. The van der Waals surface area contributed by atoms with Crippen LogP contribution in [-0.2, 0) is 0 Å². The Hall–Kier alpha value is -1.62.